The van der Waals surface area contributed by atoms with Crippen LogP contribution in [0.15, 0.2) is 60.7 Å². The summed E-state index contributed by atoms with van der Waals surface area (Å²) in [5.41, 5.74) is 0. The predicted molar refractivity (Wildman–Crippen MR) is 120 cm³/mol. The van der Waals surface area contributed by atoms with E-state index in [4.69, 9.17) is 13.6 Å². The third-order valence-corrected chi connectivity index (χ3v) is 11.5. The zero-order chi connectivity index (χ0) is 27.8. The van der Waals surface area contributed by atoms with Crippen molar-refractivity contribution in [1.82, 2.24) is 0 Å². The number of phosphoric acid groups is 1. The summed E-state index contributed by atoms with van der Waals surface area (Å²) >= 11 is 0. The van der Waals surface area contributed by atoms with Gasteiger partial charge in [0.1, 0.15) is 11.5 Å². The highest BCUT2D eigenvalue weighted by Gasteiger charge is 2.46. The van der Waals surface area contributed by atoms with Crippen molar-refractivity contribution in [2.45, 2.75) is 55.9 Å². The molecule has 0 fully saturated rings. The summed E-state index contributed by atoms with van der Waals surface area (Å²) in [5.74, 6) is -0.121. The maximum absolute atomic E-state index is 13.5. The maximum Gasteiger partial charge on any atom is 0.587 e. The molecule has 0 saturated heterocycles. The van der Waals surface area contributed by atoms with Gasteiger partial charge in [0.15, 0.2) is 0 Å². The number of phosphoric ester groups is 1. The van der Waals surface area contributed by atoms with Gasteiger partial charge in [-0.3, -0.25) is 4.52 Å². The van der Waals surface area contributed by atoms with Crippen molar-refractivity contribution in [2.24, 2.45) is 0 Å². The maximum atomic E-state index is 13.5. The molecule has 15 heteroatoms. The number of hydrogen-bond donors (Lipinski definition) is 0. The van der Waals surface area contributed by atoms with Crippen LogP contribution in [0.2, 0.25) is 18.1 Å². The Balaban J connectivity index is 2.40. The molecule has 2 aromatic rings. The van der Waals surface area contributed by atoms with E-state index in [2.05, 4.69) is 0 Å². The van der Waals surface area contributed by atoms with E-state index in [9.17, 15) is 44.1 Å². The molecule has 37 heavy (non-hydrogen) atoms. The molecule has 0 bridgehead atoms. The molecule has 208 valence electrons. The third kappa shape index (κ3) is 12.7. The van der Waals surface area contributed by atoms with E-state index in [0.29, 0.717) is 0 Å². The Labute approximate surface area is 208 Å². The highest BCUT2D eigenvalue weighted by atomic mass is 31.2. The first-order chi connectivity index (χ1) is 17.0. The molecule has 2 rings (SSSR count). The lowest BCUT2D eigenvalue weighted by atomic mass is 10.3. The minimum atomic E-state index is -4.83. The summed E-state index contributed by atoms with van der Waals surface area (Å²) < 4.78 is 147. The fraction of sp³-hybridized carbons (Fsp3) is 0.455. The topological polar surface area (TPSA) is 44.8 Å². The van der Waals surface area contributed by atoms with Gasteiger partial charge >= 0.3 is 26.4 Å². The Hall–Kier alpha value is -2.18. The largest absolute Gasteiger partial charge is 0.587 e. The second kappa shape index (κ2) is 12.6. The quantitative estimate of drug-likeness (QED) is 0.134. The summed E-state index contributed by atoms with van der Waals surface area (Å²) in [7, 11) is -8.95. The number of halogens is 9. The van der Waals surface area contributed by atoms with Crippen molar-refractivity contribution < 1.29 is 57.7 Å². The van der Waals surface area contributed by atoms with Crippen molar-refractivity contribution >= 4 is 15.9 Å². The van der Waals surface area contributed by atoms with Gasteiger partial charge in [0.25, 0.3) is 0 Å². The molecule has 0 spiro atoms. The van der Waals surface area contributed by atoms with Crippen molar-refractivity contribution in [3.8, 4) is 11.5 Å². The van der Waals surface area contributed by atoms with Gasteiger partial charge in [0, 0.05) is 19.3 Å². The summed E-state index contributed by atoms with van der Waals surface area (Å²) in [5, 5.41) is 0. The van der Waals surface area contributed by atoms with Crippen LogP contribution in [0.25, 0.3) is 0 Å². The van der Waals surface area contributed by atoms with Gasteiger partial charge in [-0.1, -0.05) is 36.4 Å². The van der Waals surface area contributed by atoms with E-state index in [-0.39, 0.29) is 11.5 Å². The molecule has 0 aromatic heterocycles. The van der Waals surface area contributed by atoms with Crippen LogP contribution in [0.5, 0.6) is 11.5 Å². The van der Waals surface area contributed by atoms with Gasteiger partial charge in [-0.25, -0.2) is 4.57 Å². The molecule has 0 radical (unpaired) electrons. The first kappa shape index (κ1) is 31.0. The Morgan fingerprint density at radius 2 is 0.919 bits per heavy atom. The van der Waals surface area contributed by atoms with Crippen molar-refractivity contribution in [3.63, 3.8) is 0 Å². The van der Waals surface area contributed by atoms with E-state index in [0.717, 1.165) is 0 Å². The number of para-hydroxylation sites is 2. The van der Waals surface area contributed by atoms with Gasteiger partial charge in [-0.05, 0) is 42.4 Å². The van der Waals surface area contributed by atoms with Crippen molar-refractivity contribution in [1.29, 1.82) is 0 Å². The van der Waals surface area contributed by atoms with Crippen molar-refractivity contribution in [2.75, 3.05) is 6.23 Å². The van der Waals surface area contributed by atoms with Crippen molar-refractivity contribution in [3.05, 3.63) is 60.7 Å². The minimum absolute atomic E-state index is 0.0603. The number of alkyl halides is 9. The number of rotatable bonds is 13. The van der Waals surface area contributed by atoms with Crippen LogP contribution in [-0.2, 0) is 9.09 Å². The fourth-order valence-electron chi connectivity index (χ4n) is 3.32. The van der Waals surface area contributed by atoms with Gasteiger partial charge in [-0.2, -0.15) is 39.5 Å². The average molecular weight is 582 g/mol. The summed E-state index contributed by atoms with van der Waals surface area (Å²) in [6.45, 7) is 0. The minimum Gasteiger partial charge on any atom is -0.395 e. The molecule has 0 aliphatic rings. The van der Waals surface area contributed by atoms with Gasteiger partial charge in [-0.15, -0.1) is 0 Å². The molecule has 0 atom stereocenters. The van der Waals surface area contributed by atoms with Crippen LogP contribution >= 0.6 is 7.82 Å². The van der Waals surface area contributed by atoms with E-state index < -0.39 is 78.1 Å². The molecule has 4 nitrogen and oxygen atoms in total. The predicted octanol–water partition coefficient (Wildman–Crippen LogP) is 9.11. The fourth-order valence-corrected chi connectivity index (χ4v) is 9.58. The first-order valence-corrected chi connectivity index (χ1v) is 15.2. The van der Waals surface area contributed by atoms with E-state index in [1.807, 2.05) is 0 Å². The Kier molecular flexibility index (Phi) is 10.5. The van der Waals surface area contributed by atoms with Crippen LogP contribution < -0.4 is 9.05 Å². The lowest BCUT2D eigenvalue weighted by Gasteiger charge is -2.33. The SMILES string of the molecule is O=P(OC[Si](CCC(F)(F)F)(CCC(F)(F)F)CCC(F)(F)F)(Oc1ccccc1)Oc1ccccc1. The average Bonchev–Trinajstić information content (AvgIpc) is 2.78. The van der Waals surface area contributed by atoms with Crippen LogP contribution in [0.4, 0.5) is 39.5 Å². The standard InChI is InChI=1S/C22H24F9O4PSi/c23-20(24,25)11-14-37(15-12-21(26,27)28,16-13-22(29,30)31)17-33-36(32,34-18-7-3-1-4-8-18)35-19-9-5-2-6-10-19/h1-10H,11-17H2. The zero-order valence-electron chi connectivity index (χ0n) is 19.2. The van der Waals surface area contributed by atoms with Crippen LogP contribution in [0.3, 0.4) is 0 Å². The Morgan fingerprint density at radius 3 is 1.22 bits per heavy atom. The zero-order valence-corrected chi connectivity index (χ0v) is 21.1. The van der Waals surface area contributed by atoms with E-state index in [1.54, 1.807) is 12.1 Å². The lowest BCUT2D eigenvalue weighted by molar-refractivity contribution is -0.132. The van der Waals surface area contributed by atoms with Gasteiger partial charge < -0.3 is 9.05 Å². The van der Waals surface area contributed by atoms with Crippen LogP contribution in [0.1, 0.15) is 19.3 Å². The lowest BCUT2D eigenvalue weighted by Crippen LogP contribution is -2.43. The first-order valence-electron chi connectivity index (χ1n) is 10.9. The number of hydrogen-bond acceptors (Lipinski definition) is 4. The molecule has 0 heterocycles. The van der Waals surface area contributed by atoms with E-state index in [1.165, 1.54) is 48.5 Å². The van der Waals surface area contributed by atoms with Crippen LogP contribution in [0, 0.1) is 0 Å². The highest BCUT2D eigenvalue weighted by molar-refractivity contribution is 7.49. The number of benzene rings is 2. The smallest absolute Gasteiger partial charge is 0.395 e. The molecule has 0 N–H and O–H groups in total. The second-order valence-corrected chi connectivity index (χ2v) is 14.7. The van der Waals surface area contributed by atoms with Gasteiger partial charge in [0.05, 0.1) is 14.3 Å². The highest BCUT2D eigenvalue weighted by Crippen LogP contribution is 2.51. The molecular formula is C22H24F9O4PSi. The van der Waals surface area contributed by atoms with Gasteiger partial charge in [0.2, 0.25) is 0 Å². The molecule has 2 aromatic carbocycles. The second-order valence-electron chi connectivity index (χ2n) is 8.37. The Bertz CT molecular complexity index is 908. The summed E-state index contributed by atoms with van der Waals surface area (Å²) in [4.78, 5) is 0. The molecule has 0 saturated carbocycles. The Morgan fingerprint density at radius 1 is 0.595 bits per heavy atom. The molecular weight excluding hydrogens is 558 g/mol. The normalized spacial score (nSPS) is 13.4. The molecule has 0 unspecified atom stereocenters. The molecule has 0 amide bonds. The molecule has 0 aliphatic heterocycles. The van der Waals surface area contributed by atoms with Crippen LogP contribution in [-0.4, -0.2) is 32.8 Å². The third-order valence-electron chi connectivity index (χ3n) is 5.27. The van der Waals surface area contributed by atoms with E-state index >= 15 is 0 Å². The molecule has 0 aliphatic carbocycles. The summed E-state index contributed by atoms with van der Waals surface area (Å²) in [6, 6.07) is 11.5. The summed E-state index contributed by atoms with van der Waals surface area (Å²) in [6.07, 6.45) is -20.4. The monoisotopic (exact) mass is 582 g/mol.